The van der Waals surface area contributed by atoms with Gasteiger partial charge in [0.2, 0.25) is 0 Å². The average Bonchev–Trinajstić information content (AvgIpc) is 3.07. The molecule has 0 aromatic carbocycles. The quantitative estimate of drug-likeness (QED) is 0.427. The minimum absolute atomic E-state index is 0. The predicted molar refractivity (Wildman–Crippen MR) is 97.3 cm³/mol. The van der Waals surface area contributed by atoms with E-state index in [1.54, 1.807) is 17.5 Å². The van der Waals surface area contributed by atoms with Crippen LogP contribution in [0.15, 0.2) is 29.6 Å². The van der Waals surface area contributed by atoms with Crippen molar-refractivity contribution in [1.82, 2.24) is 25.4 Å². The topological polar surface area (TPSA) is 67.1 Å². The zero-order valence-corrected chi connectivity index (χ0v) is 15.4. The summed E-state index contributed by atoms with van der Waals surface area (Å²) < 4.78 is 1.89. The van der Waals surface area contributed by atoms with Gasteiger partial charge in [0.15, 0.2) is 5.96 Å². The minimum atomic E-state index is 0. The van der Waals surface area contributed by atoms with Crippen LogP contribution in [0.3, 0.4) is 0 Å². The Morgan fingerprint density at radius 1 is 1.43 bits per heavy atom. The van der Waals surface area contributed by atoms with E-state index in [0.717, 1.165) is 30.6 Å². The molecule has 21 heavy (non-hydrogen) atoms. The third kappa shape index (κ3) is 6.42. The molecule has 0 fully saturated rings. The number of thiazole rings is 1. The average molecular weight is 420 g/mol. The van der Waals surface area contributed by atoms with Crippen molar-refractivity contribution in [2.45, 2.75) is 26.9 Å². The summed E-state index contributed by atoms with van der Waals surface area (Å²) in [5, 5.41) is 11.7. The molecule has 2 heterocycles. The number of hydrogen-bond acceptors (Lipinski definition) is 4. The Labute approximate surface area is 146 Å². The molecule has 8 heteroatoms. The number of nitrogens with one attached hydrogen (secondary N) is 2. The molecule has 116 valence electrons. The largest absolute Gasteiger partial charge is 0.357 e. The fourth-order valence-electron chi connectivity index (χ4n) is 1.68. The van der Waals surface area contributed by atoms with E-state index in [2.05, 4.69) is 39.6 Å². The number of aryl methyl sites for hydroxylation is 1. The van der Waals surface area contributed by atoms with Crippen molar-refractivity contribution < 1.29 is 0 Å². The van der Waals surface area contributed by atoms with E-state index in [0.29, 0.717) is 6.54 Å². The van der Waals surface area contributed by atoms with Gasteiger partial charge < -0.3 is 10.6 Å². The van der Waals surface area contributed by atoms with Crippen LogP contribution in [0.4, 0.5) is 0 Å². The summed E-state index contributed by atoms with van der Waals surface area (Å²) in [5.74, 6) is 0.813. The Morgan fingerprint density at radius 3 is 2.90 bits per heavy atom. The van der Waals surface area contributed by atoms with Crippen LogP contribution in [0.2, 0.25) is 0 Å². The molecule has 6 nitrogen and oxygen atoms in total. The van der Waals surface area contributed by atoms with Crippen molar-refractivity contribution in [2.24, 2.45) is 4.99 Å². The van der Waals surface area contributed by atoms with Gasteiger partial charge in [-0.15, -0.1) is 35.3 Å². The summed E-state index contributed by atoms with van der Waals surface area (Å²) in [5.41, 5.74) is 0. The highest BCUT2D eigenvalue weighted by Crippen LogP contribution is 2.11. The molecule has 0 spiro atoms. The van der Waals surface area contributed by atoms with E-state index in [9.17, 15) is 0 Å². The smallest absolute Gasteiger partial charge is 0.191 e. The molecule has 2 aromatic rings. The van der Waals surface area contributed by atoms with Crippen LogP contribution >= 0.6 is 35.3 Å². The summed E-state index contributed by atoms with van der Waals surface area (Å²) in [6.45, 7) is 7.15. The first kappa shape index (κ1) is 17.9. The Kier molecular flexibility index (Phi) is 8.28. The highest BCUT2D eigenvalue weighted by Gasteiger charge is 2.00. The van der Waals surface area contributed by atoms with Gasteiger partial charge in [-0.25, -0.2) is 9.98 Å². The molecular weight excluding hydrogens is 399 g/mol. The Morgan fingerprint density at radius 2 is 2.29 bits per heavy atom. The lowest BCUT2D eigenvalue weighted by Gasteiger charge is -2.10. The minimum Gasteiger partial charge on any atom is -0.357 e. The Hall–Kier alpha value is -1.16. The molecule has 0 unspecified atom stereocenters. The fourth-order valence-corrected chi connectivity index (χ4v) is 2.40. The number of aliphatic imine (C=N–C) groups is 1. The molecule has 0 amide bonds. The van der Waals surface area contributed by atoms with Crippen LogP contribution < -0.4 is 10.6 Å². The highest BCUT2D eigenvalue weighted by atomic mass is 127. The van der Waals surface area contributed by atoms with Gasteiger partial charge >= 0.3 is 0 Å². The van der Waals surface area contributed by atoms with Crippen LogP contribution in [0.1, 0.15) is 16.8 Å². The monoisotopic (exact) mass is 420 g/mol. The second-order valence-corrected chi connectivity index (χ2v) is 5.58. The second-order valence-electron chi connectivity index (χ2n) is 4.26. The molecule has 0 atom stereocenters. The van der Waals surface area contributed by atoms with E-state index >= 15 is 0 Å². The lowest BCUT2D eigenvalue weighted by molar-refractivity contribution is 0.598. The van der Waals surface area contributed by atoms with Gasteiger partial charge in [-0.3, -0.25) is 4.68 Å². The highest BCUT2D eigenvalue weighted by molar-refractivity contribution is 14.0. The van der Waals surface area contributed by atoms with E-state index in [-0.39, 0.29) is 24.0 Å². The fraction of sp³-hybridized carbons (Fsp3) is 0.462. The first-order chi connectivity index (χ1) is 9.78. The molecule has 0 saturated heterocycles. The molecule has 0 aliphatic carbocycles. The number of aromatic nitrogens is 3. The summed E-state index contributed by atoms with van der Waals surface area (Å²) >= 11 is 1.68. The number of halogens is 1. The molecule has 2 rings (SSSR count). The molecule has 0 aliphatic rings. The van der Waals surface area contributed by atoms with Crippen molar-refractivity contribution >= 4 is 41.3 Å². The lowest BCUT2D eigenvalue weighted by atomic mass is 10.6. The van der Waals surface area contributed by atoms with E-state index in [1.807, 2.05) is 23.1 Å². The second kappa shape index (κ2) is 9.72. The van der Waals surface area contributed by atoms with Gasteiger partial charge in [-0.2, -0.15) is 5.10 Å². The molecule has 2 N–H and O–H groups in total. The van der Waals surface area contributed by atoms with Crippen molar-refractivity contribution in [3.63, 3.8) is 0 Å². The molecule has 2 aromatic heterocycles. The van der Waals surface area contributed by atoms with E-state index < -0.39 is 0 Å². The molecular formula is C13H21IN6S. The summed E-state index contributed by atoms with van der Waals surface area (Å²) in [7, 11) is 0. The predicted octanol–water partition coefficient (Wildman–Crippen LogP) is 2.02. The van der Waals surface area contributed by atoms with Crippen LogP contribution in [-0.4, -0.2) is 33.8 Å². The number of guanidine groups is 1. The van der Waals surface area contributed by atoms with E-state index in [4.69, 9.17) is 0 Å². The third-order valence-electron chi connectivity index (χ3n) is 2.58. The number of hydrogen-bond donors (Lipinski definition) is 2. The maximum atomic E-state index is 4.53. The van der Waals surface area contributed by atoms with Gasteiger partial charge in [-0.1, -0.05) is 0 Å². The van der Waals surface area contributed by atoms with E-state index in [1.165, 1.54) is 4.88 Å². The standard InChI is InChI=1S/C13H20N6S.HI/c1-3-14-13(15-6-8-19-7-4-5-18-19)17-10-12-16-9-11(2)20-12;/h4-5,7,9H,3,6,8,10H2,1-2H3,(H2,14,15,17);1H. The lowest BCUT2D eigenvalue weighted by Crippen LogP contribution is -2.38. The van der Waals surface area contributed by atoms with Crippen LogP contribution in [-0.2, 0) is 13.1 Å². The Bertz CT molecular complexity index is 537. The van der Waals surface area contributed by atoms with Crippen LogP contribution in [0, 0.1) is 6.92 Å². The summed E-state index contributed by atoms with van der Waals surface area (Å²) in [6, 6.07) is 1.92. The maximum absolute atomic E-state index is 4.53. The maximum Gasteiger partial charge on any atom is 0.191 e. The van der Waals surface area contributed by atoms with Crippen molar-refractivity contribution in [1.29, 1.82) is 0 Å². The summed E-state index contributed by atoms with van der Waals surface area (Å²) in [4.78, 5) is 10.1. The normalized spacial score (nSPS) is 11.0. The van der Waals surface area contributed by atoms with Gasteiger partial charge in [0.1, 0.15) is 5.01 Å². The molecule has 0 bridgehead atoms. The first-order valence-electron chi connectivity index (χ1n) is 6.69. The number of nitrogens with zero attached hydrogens (tertiary/aromatic N) is 4. The number of rotatable bonds is 6. The molecule has 0 saturated carbocycles. The van der Waals surface area contributed by atoms with Crippen molar-refractivity contribution in [2.75, 3.05) is 13.1 Å². The van der Waals surface area contributed by atoms with Gasteiger partial charge in [0.25, 0.3) is 0 Å². The van der Waals surface area contributed by atoms with Crippen molar-refractivity contribution in [3.8, 4) is 0 Å². The summed E-state index contributed by atoms with van der Waals surface area (Å²) in [6.07, 6.45) is 5.61. The van der Waals surface area contributed by atoms with Crippen molar-refractivity contribution in [3.05, 3.63) is 34.5 Å². The zero-order chi connectivity index (χ0) is 14.2. The van der Waals surface area contributed by atoms with Gasteiger partial charge in [-0.05, 0) is 19.9 Å². The first-order valence-corrected chi connectivity index (χ1v) is 7.50. The molecule has 0 aliphatic heterocycles. The zero-order valence-electron chi connectivity index (χ0n) is 12.2. The Balaban J connectivity index is 0.00000220. The van der Waals surface area contributed by atoms with Gasteiger partial charge in [0.05, 0.1) is 13.1 Å². The third-order valence-corrected chi connectivity index (χ3v) is 3.48. The van der Waals surface area contributed by atoms with Crippen LogP contribution in [0.5, 0.6) is 0 Å². The van der Waals surface area contributed by atoms with Crippen LogP contribution in [0.25, 0.3) is 0 Å². The molecule has 0 radical (unpaired) electrons. The SMILES string of the molecule is CCNC(=NCc1ncc(C)s1)NCCn1cccn1.I. The van der Waals surface area contributed by atoms with Gasteiger partial charge in [0, 0.05) is 36.6 Å².